The number of hydrogen-bond donors (Lipinski definition) is 2. The van der Waals surface area contributed by atoms with Gasteiger partial charge < -0.3 is 15.3 Å². The van der Waals surface area contributed by atoms with Crippen LogP contribution in [0.4, 0.5) is 10.5 Å². The number of aliphatic hydroxyl groups excluding tert-OH is 1. The molecule has 2 aliphatic rings. The standard InChI is InChI=1S/C19H26N2O3/c1-21(12-14-5-2-3-7-17(14)22)19(24)20-15-10-9-13-6-4-8-18(23)16(13)11-15/h9-11,14,17,22H,2-8,12H2,1H3,(H,20,24)/t14-,17+/m1/s1. The summed E-state index contributed by atoms with van der Waals surface area (Å²) in [6, 6.07) is 5.39. The third-order valence-electron chi connectivity index (χ3n) is 5.24. The number of nitrogens with one attached hydrogen (secondary N) is 1. The molecule has 1 aromatic carbocycles. The van der Waals surface area contributed by atoms with E-state index in [2.05, 4.69) is 5.32 Å². The summed E-state index contributed by atoms with van der Waals surface area (Å²) in [5, 5.41) is 12.9. The number of aryl methyl sites for hydroxylation is 1. The van der Waals surface area contributed by atoms with Crippen molar-refractivity contribution in [2.24, 2.45) is 5.92 Å². The Morgan fingerprint density at radius 1 is 1.25 bits per heavy atom. The maximum absolute atomic E-state index is 12.4. The second-order valence-electron chi connectivity index (χ2n) is 7.07. The van der Waals surface area contributed by atoms with Gasteiger partial charge in [0.05, 0.1) is 6.10 Å². The highest BCUT2D eigenvalue weighted by atomic mass is 16.3. The predicted molar refractivity (Wildman–Crippen MR) is 93.3 cm³/mol. The molecule has 0 saturated heterocycles. The number of carbonyl (C=O) groups excluding carboxylic acids is 2. The van der Waals surface area contributed by atoms with E-state index in [9.17, 15) is 14.7 Å². The van der Waals surface area contributed by atoms with Crippen molar-refractivity contribution in [3.63, 3.8) is 0 Å². The van der Waals surface area contributed by atoms with Crippen LogP contribution in [0.5, 0.6) is 0 Å². The molecule has 0 radical (unpaired) electrons. The Morgan fingerprint density at radius 3 is 2.83 bits per heavy atom. The Hall–Kier alpha value is -1.88. The van der Waals surface area contributed by atoms with Crippen molar-refractivity contribution in [2.45, 2.75) is 51.0 Å². The molecule has 5 nitrogen and oxygen atoms in total. The number of fused-ring (bicyclic) bond motifs is 1. The first-order valence-corrected chi connectivity index (χ1v) is 8.91. The molecule has 5 heteroatoms. The van der Waals surface area contributed by atoms with Gasteiger partial charge in [0.25, 0.3) is 0 Å². The molecule has 24 heavy (non-hydrogen) atoms. The maximum Gasteiger partial charge on any atom is 0.321 e. The van der Waals surface area contributed by atoms with Crippen LogP contribution < -0.4 is 5.32 Å². The van der Waals surface area contributed by atoms with Gasteiger partial charge >= 0.3 is 6.03 Å². The van der Waals surface area contributed by atoms with Crippen LogP contribution in [0.3, 0.4) is 0 Å². The molecule has 0 aromatic heterocycles. The highest BCUT2D eigenvalue weighted by Crippen LogP contribution is 2.26. The minimum Gasteiger partial charge on any atom is -0.393 e. The first-order chi connectivity index (χ1) is 11.5. The third kappa shape index (κ3) is 3.78. The van der Waals surface area contributed by atoms with E-state index in [1.165, 1.54) is 0 Å². The number of anilines is 1. The molecule has 2 amide bonds. The third-order valence-corrected chi connectivity index (χ3v) is 5.24. The molecule has 130 valence electrons. The first-order valence-electron chi connectivity index (χ1n) is 8.91. The smallest absolute Gasteiger partial charge is 0.321 e. The second kappa shape index (κ2) is 7.34. The molecule has 3 rings (SSSR count). The van der Waals surface area contributed by atoms with Crippen LogP contribution in [0.2, 0.25) is 0 Å². The summed E-state index contributed by atoms with van der Waals surface area (Å²) in [5.74, 6) is 0.311. The van der Waals surface area contributed by atoms with Gasteiger partial charge in [-0.3, -0.25) is 4.79 Å². The molecular weight excluding hydrogens is 304 g/mol. The molecule has 1 fully saturated rings. The summed E-state index contributed by atoms with van der Waals surface area (Å²) in [6.45, 7) is 0.552. The van der Waals surface area contributed by atoms with Gasteiger partial charge in [-0.25, -0.2) is 4.79 Å². The molecule has 0 bridgehead atoms. The van der Waals surface area contributed by atoms with E-state index in [4.69, 9.17) is 0 Å². The summed E-state index contributed by atoms with van der Waals surface area (Å²) in [4.78, 5) is 26.0. The van der Waals surface area contributed by atoms with Gasteiger partial charge in [-0.1, -0.05) is 18.9 Å². The number of ketones is 1. The number of nitrogens with zero attached hydrogens (tertiary/aromatic N) is 1. The zero-order valence-electron chi connectivity index (χ0n) is 14.3. The molecule has 0 heterocycles. The Kier molecular flexibility index (Phi) is 5.19. The Labute approximate surface area is 143 Å². The predicted octanol–water partition coefficient (Wildman–Crippen LogP) is 3.22. The number of amides is 2. The van der Waals surface area contributed by atoms with Crippen molar-refractivity contribution >= 4 is 17.5 Å². The van der Waals surface area contributed by atoms with Crippen LogP contribution in [0.15, 0.2) is 18.2 Å². The largest absolute Gasteiger partial charge is 0.393 e. The lowest BCUT2D eigenvalue weighted by atomic mass is 9.86. The Morgan fingerprint density at radius 2 is 2.04 bits per heavy atom. The average molecular weight is 330 g/mol. The fourth-order valence-electron chi connectivity index (χ4n) is 3.76. The normalized spacial score (nSPS) is 23.5. The van der Waals surface area contributed by atoms with E-state index >= 15 is 0 Å². The Bertz CT molecular complexity index is 629. The van der Waals surface area contributed by atoms with Crippen molar-refractivity contribution in [2.75, 3.05) is 18.9 Å². The van der Waals surface area contributed by atoms with Crippen LogP contribution in [0.25, 0.3) is 0 Å². The van der Waals surface area contributed by atoms with Crippen LogP contribution in [-0.4, -0.2) is 41.5 Å². The Balaban J connectivity index is 1.62. The van der Waals surface area contributed by atoms with Gasteiger partial charge in [0.2, 0.25) is 0 Å². The van der Waals surface area contributed by atoms with Gasteiger partial charge in [-0.2, -0.15) is 0 Å². The molecule has 1 aromatic rings. The van der Waals surface area contributed by atoms with Crippen molar-refractivity contribution in [1.29, 1.82) is 0 Å². The quantitative estimate of drug-likeness (QED) is 0.894. The molecule has 0 spiro atoms. The lowest BCUT2D eigenvalue weighted by molar-refractivity contribution is 0.0575. The molecule has 0 aliphatic heterocycles. The van der Waals surface area contributed by atoms with E-state index in [1.54, 1.807) is 18.0 Å². The minimum atomic E-state index is -0.310. The second-order valence-corrected chi connectivity index (χ2v) is 7.07. The lowest BCUT2D eigenvalue weighted by Crippen LogP contribution is -2.40. The van der Waals surface area contributed by atoms with Gasteiger partial charge in [0.15, 0.2) is 5.78 Å². The van der Waals surface area contributed by atoms with E-state index in [0.717, 1.165) is 49.7 Å². The summed E-state index contributed by atoms with van der Waals surface area (Å²) < 4.78 is 0. The SMILES string of the molecule is CN(C[C@H]1CCCC[C@@H]1O)C(=O)Nc1ccc2c(c1)C(=O)CCC2. The van der Waals surface area contributed by atoms with E-state index < -0.39 is 0 Å². The summed E-state index contributed by atoms with van der Waals surface area (Å²) in [5.41, 5.74) is 2.47. The van der Waals surface area contributed by atoms with Crippen molar-refractivity contribution in [1.82, 2.24) is 4.90 Å². The number of Topliss-reactive ketones (excluding diaryl/α,β-unsaturated/α-hetero) is 1. The number of hydrogen-bond acceptors (Lipinski definition) is 3. The number of aliphatic hydroxyl groups is 1. The van der Waals surface area contributed by atoms with E-state index in [1.807, 2.05) is 12.1 Å². The van der Waals surface area contributed by atoms with Gasteiger partial charge in [0, 0.05) is 37.2 Å². The number of benzene rings is 1. The summed E-state index contributed by atoms with van der Waals surface area (Å²) in [7, 11) is 1.75. The highest BCUT2D eigenvalue weighted by Gasteiger charge is 2.26. The number of carbonyl (C=O) groups is 2. The molecule has 2 atom stereocenters. The van der Waals surface area contributed by atoms with Gasteiger partial charge in [-0.05, 0) is 43.4 Å². The fourth-order valence-corrected chi connectivity index (χ4v) is 3.76. The van der Waals surface area contributed by atoms with Crippen molar-refractivity contribution in [3.8, 4) is 0 Å². The van der Waals surface area contributed by atoms with Crippen LogP contribution in [0.1, 0.15) is 54.4 Å². The average Bonchev–Trinajstić information content (AvgIpc) is 2.57. The molecular formula is C19H26N2O3. The van der Waals surface area contributed by atoms with Crippen molar-refractivity contribution < 1.29 is 14.7 Å². The fraction of sp³-hybridized carbons (Fsp3) is 0.579. The molecule has 0 unspecified atom stereocenters. The van der Waals surface area contributed by atoms with E-state index in [0.29, 0.717) is 18.7 Å². The summed E-state index contributed by atoms with van der Waals surface area (Å²) in [6.07, 6.45) is 6.08. The molecule has 2 N–H and O–H groups in total. The minimum absolute atomic E-state index is 0.152. The molecule has 2 aliphatic carbocycles. The molecule has 1 saturated carbocycles. The van der Waals surface area contributed by atoms with Crippen LogP contribution in [0, 0.1) is 5.92 Å². The van der Waals surface area contributed by atoms with Crippen LogP contribution >= 0.6 is 0 Å². The maximum atomic E-state index is 12.4. The summed E-state index contributed by atoms with van der Waals surface area (Å²) >= 11 is 0. The lowest BCUT2D eigenvalue weighted by Gasteiger charge is -2.31. The van der Waals surface area contributed by atoms with E-state index in [-0.39, 0.29) is 23.8 Å². The number of urea groups is 1. The zero-order chi connectivity index (χ0) is 17.1. The zero-order valence-corrected chi connectivity index (χ0v) is 14.3. The number of rotatable bonds is 3. The van der Waals surface area contributed by atoms with Crippen molar-refractivity contribution in [3.05, 3.63) is 29.3 Å². The van der Waals surface area contributed by atoms with Gasteiger partial charge in [0.1, 0.15) is 0 Å². The first kappa shape index (κ1) is 17.0. The highest BCUT2D eigenvalue weighted by molar-refractivity contribution is 6.00. The monoisotopic (exact) mass is 330 g/mol. The van der Waals surface area contributed by atoms with Crippen LogP contribution in [-0.2, 0) is 6.42 Å². The topological polar surface area (TPSA) is 69.6 Å². The van der Waals surface area contributed by atoms with Gasteiger partial charge in [-0.15, -0.1) is 0 Å².